The van der Waals surface area contributed by atoms with Crippen molar-refractivity contribution in [3.05, 3.63) is 59.2 Å². The average Bonchev–Trinajstić information content (AvgIpc) is 3.26. The Hall–Kier alpha value is -2.64. The van der Waals surface area contributed by atoms with Gasteiger partial charge in [-0.25, -0.2) is 9.97 Å². The van der Waals surface area contributed by atoms with Crippen molar-refractivity contribution in [2.45, 2.75) is 13.8 Å². The zero-order valence-corrected chi connectivity index (χ0v) is 16.0. The Morgan fingerprint density at radius 1 is 1.08 bits per heavy atom. The molecule has 0 radical (unpaired) electrons. The van der Waals surface area contributed by atoms with Crippen LogP contribution in [0.1, 0.15) is 22.3 Å². The number of thiazole rings is 2. The van der Waals surface area contributed by atoms with Crippen LogP contribution in [0, 0.1) is 6.92 Å². The van der Waals surface area contributed by atoms with Gasteiger partial charge in [0, 0.05) is 12.7 Å². The van der Waals surface area contributed by atoms with Gasteiger partial charge in [-0.3, -0.25) is 14.7 Å². The highest BCUT2D eigenvalue weighted by molar-refractivity contribution is 7.22. The highest BCUT2D eigenvalue weighted by atomic mass is 32.1. The van der Waals surface area contributed by atoms with Crippen LogP contribution < -0.4 is 4.90 Å². The summed E-state index contributed by atoms with van der Waals surface area (Å²) in [5, 5.41) is 1.47. The zero-order valence-electron chi connectivity index (χ0n) is 14.3. The number of carbonyl (C=O) groups is 1. The van der Waals surface area contributed by atoms with E-state index in [9.17, 15) is 4.79 Å². The molecule has 0 fully saturated rings. The smallest absolute Gasteiger partial charge is 0.272 e. The number of aryl methyl sites for hydroxylation is 1. The molecule has 26 heavy (non-hydrogen) atoms. The number of hydrogen-bond acceptors (Lipinski definition) is 6. The first-order valence-electron chi connectivity index (χ1n) is 8.23. The SMILES string of the molecule is CCN(C(=O)c1sc(-c2ccccn2)nc1C)c1nc2ccccc2s1. The van der Waals surface area contributed by atoms with Gasteiger partial charge in [-0.05, 0) is 38.1 Å². The maximum Gasteiger partial charge on any atom is 0.272 e. The lowest BCUT2D eigenvalue weighted by atomic mass is 10.3. The number of rotatable bonds is 4. The van der Waals surface area contributed by atoms with Gasteiger partial charge in [-0.2, -0.15) is 0 Å². The van der Waals surface area contributed by atoms with E-state index in [0.717, 1.165) is 26.6 Å². The minimum Gasteiger partial charge on any atom is -0.283 e. The summed E-state index contributed by atoms with van der Waals surface area (Å²) in [6, 6.07) is 13.6. The molecule has 0 saturated carbocycles. The molecule has 130 valence electrons. The summed E-state index contributed by atoms with van der Waals surface area (Å²) in [5.74, 6) is -0.0660. The van der Waals surface area contributed by atoms with Crippen LogP contribution in [0.2, 0.25) is 0 Å². The fourth-order valence-electron chi connectivity index (χ4n) is 2.66. The third-order valence-electron chi connectivity index (χ3n) is 3.95. The average molecular weight is 380 g/mol. The van der Waals surface area contributed by atoms with Crippen molar-refractivity contribution in [2.24, 2.45) is 0 Å². The van der Waals surface area contributed by atoms with Crippen molar-refractivity contribution in [3.8, 4) is 10.7 Å². The fourth-order valence-corrected chi connectivity index (χ4v) is 4.68. The number of anilines is 1. The molecule has 5 nitrogen and oxygen atoms in total. The van der Waals surface area contributed by atoms with Crippen molar-refractivity contribution < 1.29 is 4.79 Å². The van der Waals surface area contributed by atoms with E-state index >= 15 is 0 Å². The lowest BCUT2D eigenvalue weighted by Gasteiger charge is -2.16. The van der Waals surface area contributed by atoms with E-state index in [2.05, 4.69) is 15.0 Å². The van der Waals surface area contributed by atoms with E-state index in [-0.39, 0.29) is 5.91 Å². The summed E-state index contributed by atoms with van der Waals surface area (Å²) in [4.78, 5) is 29.0. The number of nitrogens with zero attached hydrogens (tertiary/aromatic N) is 4. The molecular formula is C19H16N4OS2. The standard InChI is InChI=1S/C19H16N4OS2/c1-3-23(19-22-13-8-4-5-10-15(13)25-19)18(24)16-12(2)21-17(26-16)14-9-6-7-11-20-14/h4-11H,3H2,1-2H3. The van der Waals surface area contributed by atoms with Crippen molar-refractivity contribution >= 4 is 43.9 Å². The van der Waals surface area contributed by atoms with Gasteiger partial charge in [0.2, 0.25) is 0 Å². The first-order chi connectivity index (χ1) is 12.7. The van der Waals surface area contributed by atoms with Gasteiger partial charge in [0.05, 0.1) is 21.6 Å². The molecule has 1 aromatic carbocycles. The summed E-state index contributed by atoms with van der Waals surface area (Å²) in [6.45, 7) is 4.37. The van der Waals surface area contributed by atoms with Gasteiger partial charge in [0.15, 0.2) is 5.13 Å². The Balaban J connectivity index is 1.70. The third kappa shape index (κ3) is 3.00. The van der Waals surface area contributed by atoms with Gasteiger partial charge < -0.3 is 0 Å². The molecule has 0 aliphatic heterocycles. The molecule has 4 aromatic rings. The molecule has 1 amide bonds. The number of benzene rings is 1. The Morgan fingerprint density at radius 3 is 2.62 bits per heavy atom. The Kier molecular flexibility index (Phi) is 4.48. The second kappa shape index (κ2) is 6.93. The van der Waals surface area contributed by atoms with Crippen molar-refractivity contribution in [1.82, 2.24) is 15.0 Å². The maximum absolute atomic E-state index is 13.2. The first-order valence-corrected chi connectivity index (χ1v) is 9.87. The van der Waals surface area contributed by atoms with Crippen LogP contribution in [0.3, 0.4) is 0 Å². The predicted octanol–water partition coefficient (Wildman–Crippen LogP) is 4.79. The number of fused-ring (bicyclic) bond motifs is 1. The normalized spacial score (nSPS) is 11.0. The maximum atomic E-state index is 13.2. The van der Waals surface area contributed by atoms with Crippen LogP contribution >= 0.6 is 22.7 Å². The minimum atomic E-state index is -0.0660. The van der Waals surface area contributed by atoms with E-state index in [4.69, 9.17) is 0 Å². The molecule has 0 N–H and O–H groups in total. The molecule has 0 saturated heterocycles. The number of amides is 1. The minimum absolute atomic E-state index is 0.0660. The molecule has 3 heterocycles. The van der Waals surface area contributed by atoms with E-state index < -0.39 is 0 Å². The monoisotopic (exact) mass is 380 g/mol. The number of hydrogen-bond donors (Lipinski definition) is 0. The van der Waals surface area contributed by atoms with E-state index in [1.54, 1.807) is 11.1 Å². The third-order valence-corrected chi connectivity index (χ3v) is 6.18. The molecule has 0 bridgehead atoms. The first kappa shape index (κ1) is 16.8. The quantitative estimate of drug-likeness (QED) is 0.511. The van der Waals surface area contributed by atoms with Gasteiger partial charge >= 0.3 is 0 Å². The van der Waals surface area contributed by atoms with Crippen LogP contribution in [-0.4, -0.2) is 27.4 Å². The van der Waals surface area contributed by atoms with Gasteiger partial charge in [-0.15, -0.1) is 11.3 Å². The van der Waals surface area contributed by atoms with E-state index in [1.165, 1.54) is 22.7 Å². The molecule has 0 aliphatic carbocycles. The second-order valence-corrected chi connectivity index (χ2v) is 7.67. The van der Waals surface area contributed by atoms with Crippen LogP contribution in [-0.2, 0) is 0 Å². The summed E-state index contributed by atoms with van der Waals surface area (Å²) in [6.07, 6.45) is 1.73. The molecule has 0 aliphatic rings. The van der Waals surface area contributed by atoms with Crippen LogP contribution in [0.4, 0.5) is 5.13 Å². The predicted molar refractivity (Wildman–Crippen MR) is 107 cm³/mol. The highest BCUT2D eigenvalue weighted by Crippen LogP contribution is 2.32. The van der Waals surface area contributed by atoms with Crippen molar-refractivity contribution in [3.63, 3.8) is 0 Å². The Bertz CT molecular complexity index is 1040. The number of carbonyl (C=O) groups excluding carboxylic acids is 1. The lowest BCUT2D eigenvalue weighted by molar-refractivity contribution is 0.0991. The van der Waals surface area contributed by atoms with Gasteiger partial charge in [0.1, 0.15) is 9.88 Å². The van der Waals surface area contributed by atoms with E-state index in [0.29, 0.717) is 16.6 Å². The summed E-state index contributed by atoms with van der Waals surface area (Å²) in [5.41, 5.74) is 2.41. The summed E-state index contributed by atoms with van der Waals surface area (Å²) in [7, 11) is 0. The summed E-state index contributed by atoms with van der Waals surface area (Å²) < 4.78 is 1.07. The molecule has 0 spiro atoms. The lowest BCUT2D eigenvalue weighted by Crippen LogP contribution is -2.30. The number of para-hydroxylation sites is 1. The van der Waals surface area contributed by atoms with Crippen molar-refractivity contribution in [2.75, 3.05) is 11.4 Å². The van der Waals surface area contributed by atoms with E-state index in [1.807, 2.05) is 56.3 Å². The van der Waals surface area contributed by atoms with Crippen LogP contribution in [0.5, 0.6) is 0 Å². The van der Waals surface area contributed by atoms with Crippen LogP contribution in [0.25, 0.3) is 20.9 Å². The fraction of sp³-hybridized carbons (Fsp3) is 0.158. The number of aromatic nitrogens is 3. The Morgan fingerprint density at radius 2 is 1.88 bits per heavy atom. The second-order valence-electron chi connectivity index (χ2n) is 5.66. The van der Waals surface area contributed by atoms with Gasteiger partial charge in [0.25, 0.3) is 5.91 Å². The Labute approximate surface area is 159 Å². The highest BCUT2D eigenvalue weighted by Gasteiger charge is 2.24. The zero-order chi connectivity index (χ0) is 18.1. The summed E-state index contributed by atoms with van der Waals surface area (Å²) >= 11 is 2.91. The van der Waals surface area contributed by atoms with Crippen LogP contribution in [0.15, 0.2) is 48.7 Å². The molecule has 0 atom stereocenters. The molecule has 3 aromatic heterocycles. The topological polar surface area (TPSA) is 59.0 Å². The number of pyridine rings is 1. The largest absolute Gasteiger partial charge is 0.283 e. The van der Waals surface area contributed by atoms with Crippen molar-refractivity contribution in [1.29, 1.82) is 0 Å². The molecule has 7 heteroatoms. The molecule has 4 rings (SSSR count). The van der Waals surface area contributed by atoms with Gasteiger partial charge in [-0.1, -0.05) is 29.5 Å². The molecule has 0 unspecified atom stereocenters. The molecular weight excluding hydrogens is 364 g/mol.